The van der Waals surface area contributed by atoms with E-state index in [-0.39, 0.29) is 11.9 Å². The minimum atomic E-state index is 0.111. The molecule has 4 nitrogen and oxygen atoms in total. The second kappa shape index (κ2) is 4.97. The number of nitrogens with one attached hydrogen (secondary N) is 1. The van der Waals surface area contributed by atoms with Crippen LogP contribution in [-0.2, 0) is 0 Å². The lowest BCUT2D eigenvalue weighted by Crippen LogP contribution is -2.52. The summed E-state index contributed by atoms with van der Waals surface area (Å²) in [6.07, 6.45) is 1.77. The molecular weight excluding hydrogens is 238 g/mol. The number of fused-ring (bicyclic) bond motifs is 1. The van der Waals surface area contributed by atoms with Gasteiger partial charge in [-0.25, -0.2) is 0 Å². The lowest BCUT2D eigenvalue weighted by atomic mass is 10.1. The minimum Gasteiger partial charge on any atom is -0.333 e. The van der Waals surface area contributed by atoms with Gasteiger partial charge in [0.2, 0.25) is 0 Å². The van der Waals surface area contributed by atoms with Crippen molar-refractivity contribution in [3.63, 3.8) is 0 Å². The van der Waals surface area contributed by atoms with Gasteiger partial charge in [0.15, 0.2) is 0 Å². The van der Waals surface area contributed by atoms with Crippen molar-refractivity contribution in [1.29, 1.82) is 0 Å². The number of carbonyl (C=O) groups is 1. The first-order valence-corrected chi connectivity index (χ1v) is 6.62. The summed E-state index contributed by atoms with van der Waals surface area (Å²) in [5.41, 5.74) is 1.67. The van der Waals surface area contributed by atoms with Gasteiger partial charge in [0.05, 0.1) is 5.52 Å². The van der Waals surface area contributed by atoms with Gasteiger partial charge >= 0.3 is 0 Å². The molecule has 0 radical (unpaired) electrons. The fourth-order valence-corrected chi connectivity index (χ4v) is 2.52. The molecular formula is C15H17N3O. The van der Waals surface area contributed by atoms with Crippen LogP contribution < -0.4 is 5.32 Å². The summed E-state index contributed by atoms with van der Waals surface area (Å²) in [5, 5.41) is 4.31. The van der Waals surface area contributed by atoms with Crippen molar-refractivity contribution in [3.8, 4) is 0 Å². The number of rotatable bonds is 1. The van der Waals surface area contributed by atoms with Crippen LogP contribution >= 0.6 is 0 Å². The quantitative estimate of drug-likeness (QED) is 0.843. The number of pyridine rings is 1. The normalized spacial score (nSPS) is 19.6. The number of carbonyl (C=O) groups excluding carboxylic acids is 1. The van der Waals surface area contributed by atoms with Gasteiger partial charge < -0.3 is 10.2 Å². The topological polar surface area (TPSA) is 45.2 Å². The van der Waals surface area contributed by atoms with Gasteiger partial charge in [-0.1, -0.05) is 6.07 Å². The third-order valence-corrected chi connectivity index (χ3v) is 3.61. The van der Waals surface area contributed by atoms with Crippen molar-refractivity contribution >= 4 is 16.8 Å². The SMILES string of the molecule is C[C@@H]1CNCCN1C(=O)c1ccc2ncccc2c1. The van der Waals surface area contributed by atoms with E-state index >= 15 is 0 Å². The predicted molar refractivity (Wildman–Crippen MR) is 75.1 cm³/mol. The van der Waals surface area contributed by atoms with E-state index in [0.717, 1.165) is 36.1 Å². The van der Waals surface area contributed by atoms with Crippen molar-refractivity contribution in [3.05, 3.63) is 42.1 Å². The highest BCUT2D eigenvalue weighted by Crippen LogP contribution is 2.16. The summed E-state index contributed by atoms with van der Waals surface area (Å²) in [6, 6.07) is 9.83. The molecule has 2 heterocycles. The fourth-order valence-electron chi connectivity index (χ4n) is 2.52. The van der Waals surface area contributed by atoms with E-state index in [9.17, 15) is 4.79 Å². The van der Waals surface area contributed by atoms with E-state index in [1.54, 1.807) is 6.20 Å². The van der Waals surface area contributed by atoms with E-state index in [2.05, 4.69) is 17.2 Å². The first-order chi connectivity index (χ1) is 9.25. The van der Waals surface area contributed by atoms with E-state index in [4.69, 9.17) is 0 Å². The highest BCUT2D eigenvalue weighted by Gasteiger charge is 2.23. The van der Waals surface area contributed by atoms with Gasteiger partial charge in [0.25, 0.3) is 5.91 Å². The summed E-state index contributed by atoms with van der Waals surface area (Å²) in [5.74, 6) is 0.111. The maximum atomic E-state index is 12.5. The lowest BCUT2D eigenvalue weighted by molar-refractivity contribution is 0.0656. The molecule has 0 unspecified atom stereocenters. The number of aromatic nitrogens is 1. The Hall–Kier alpha value is -1.94. The standard InChI is InChI=1S/C15H17N3O/c1-11-10-16-7-8-18(11)15(19)13-4-5-14-12(9-13)3-2-6-17-14/h2-6,9,11,16H,7-8,10H2,1H3/t11-/m1/s1. The van der Waals surface area contributed by atoms with Gasteiger partial charge in [-0.2, -0.15) is 0 Å². The molecule has 1 saturated heterocycles. The molecule has 19 heavy (non-hydrogen) atoms. The van der Waals surface area contributed by atoms with Crippen LogP contribution in [0.1, 0.15) is 17.3 Å². The Bertz CT molecular complexity index is 611. The van der Waals surface area contributed by atoms with Crippen LogP contribution in [0.2, 0.25) is 0 Å². The lowest BCUT2D eigenvalue weighted by Gasteiger charge is -2.34. The predicted octanol–water partition coefficient (Wildman–Crippen LogP) is 1.67. The summed E-state index contributed by atoms with van der Waals surface area (Å²) < 4.78 is 0. The zero-order chi connectivity index (χ0) is 13.2. The van der Waals surface area contributed by atoms with Crippen LogP contribution in [0, 0.1) is 0 Å². The highest BCUT2D eigenvalue weighted by atomic mass is 16.2. The van der Waals surface area contributed by atoms with E-state index < -0.39 is 0 Å². The maximum absolute atomic E-state index is 12.5. The number of piperazine rings is 1. The second-order valence-electron chi connectivity index (χ2n) is 4.96. The first-order valence-electron chi connectivity index (χ1n) is 6.62. The number of hydrogen-bond acceptors (Lipinski definition) is 3. The molecule has 0 aliphatic carbocycles. The minimum absolute atomic E-state index is 0.111. The first kappa shape index (κ1) is 12.1. The summed E-state index contributed by atoms with van der Waals surface area (Å²) in [4.78, 5) is 18.7. The summed E-state index contributed by atoms with van der Waals surface area (Å²) in [6.45, 7) is 4.57. The number of hydrogen-bond donors (Lipinski definition) is 1. The molecule has 1 aromatic heterocycles. The largest absolute Gasteiger partial charge is 0.333 e. The van der Waals surface area contributed by atoms with E-state index in [0.29, 0.717) is 0 Å². The van der Waals surface area contributed by atoms with Crippen molar-refractivity contribution in [2.75, 3.05) is 19.6 Å². The Morgan fingerprint density at radius 2 is 2.32 bits per heavy atom. The molecule has 98 valence electrons. The molecule has 2 aromatic rings. The molecule has 1 N–H and O–H groups in total. The summed E-state index contributed by atoms with van der Waals surface area (Å²) >= 11 is 0. The van der Waals surface area contributed by atoms with Crippen LogP contribution in [0.15, 0.2) is 36.5 Å². The molecule has 1 fully saturated rings. The van der Waals surface area contributed by atoms with Gasteiger partial charge in [-0.3, -0.25) is 9.78 Å². The van der Waals surface area contributed by atoms with Crippen LogP contribution in [0.4, 0.5) is 0 Å². The number of amides is 1. The Balaban J connectivity index is 1.92. The Kier molecular flexibility index (Phi) is 3.17. The molecule has 1 aromatic carbocycles. The highest BCUT2D eigenvalue weighted by molar-refractivity contribution is 5.98. The molecule has 3 rings (SSSR count). The van der Waals surface area contributed by atoms with E-state index in [1.807, 2.05) is 35.2 Å². The van der Waals surface area contributed by atoms with Crippen LogP contribution in [0.3, 0.4) is 0 Å². The molecule has 1 amide bonds. The molecule has 4 heteroatoms. The van der Waals surface area contributed by atoms with Crippen LogP contribution in [0.25, 0.3) is 10.9 Å². The second-order valence-corrected chi connectivity index (χ2v) is 4.96. The van der Waals surface area contributed by atoms with E-state index in [1.165, 1.54) is 0 Å². The van der Waals surface area contributed by atoms with Crippen molar-refractivity contribution in [2.45, 2.75) is 13.0 Å². The Morgan fingerprint density at radius 3 is 3.16 bits per heavy atom. The van der Waals surface area contributed by atoms with Gasteiger partial charge in [0.1, 0.15) is 0 Å². The zero-order valence-electron chi connectivity index (χ0n) is 11.0. The zero-order valence-corrected chi connectivity index (χ0v) is 11.0. The molecule has 0 saturated carbocycles. The molecule has 1 aliphatic heterocycles. The number of nitrogens with zero attached hydrogens (tertiary/aromatic N) is 2. The smallest absolute Gasteiger partial charge is 0.254 e. The molecule has 1 atom stereocenters. The molecule has 1 aliphatic rings. The maximum Gasteiger partial charge on any atom is 0.254 e. The fraction of sp³-hybridized carbons (Fsp3) is 0.333. The van der Waals surface area contributed by atoms with Crippen molar-refractivity contribution in [2.24, 2.45) is 0 Å². The molecule has 0 bridgehead atoms. The third-order valence-electron chi connectivity index (χ3n) is 3.61. The van der Waals surface area contributed by atoms with Gasteiger partial charge in [-0.15, -0.1) is 0 Å². The van der Waals surface area contributed by atoms with Crippen molar-refractivity contribution in [1.82, 2.24) is 15.2 Å². The van der Waals surface area contributed by atoms with Crippen LogP contribution in [0.5, 0.6) is 0 Å². The average molecular weight is 255 g/mol. The van der Waals surface area contributed by atoms with Crippen LogP contribution in [-0.4, -0.2) is 41.5 Å². The molecule has 0 spiro atoms. The Labute approximate surface area is 112 Å². The summed E-state index contributed by atoms with van der Waals surface area (Å²) in [7, 11) is 0. The van der Waals surface area contributed by atoms with Gasteiger partial charge in [0, 0.05) is 42.8 Å². The third kappa shape index (κ3) is 2.31. The van der Waals surface area contributed by atoms with Crippen molar-refractivity contribution < 1.29 is 4.79 Å². The monoisotopic (exact) mass is 255 g/mol. The Morgan fingerprint density at radius 1 is 1.42 bits per heavy atom. The van der Waals surface area contributed by atoms with Gasteiger partial charge in [-0.05, 0) is 31.2 Å². The number of benzene rings is 1. The average Bonchev–Trinajstić information content (AvgIpc) is 2.46.